The molecule has 0 radical (unpaired) electrons. The Morgan fingerprint density at radius 2 is 2.50 bits per heavy atom. The van der Waals surface area contributed by atoms with Crippen LogP contribution in [-0.4, -0.2) is 6.67 Å². The van der Waals surface area contributed by atoms with Crippen molar-refractivity contribution >= 4 is 0 Å². The van der Waals surface area contributed by atoms with E-state index in [0.29, 0.717) is 12.2 Å². The van der Waals surface area contributed by atoms with Crippen LogP contribution in [0.5, 0.6) is 0 Å². The summed E-state index contributed by atoms with van der Waals surface area (Å²) >= 11 is 0. The lowest BCUT2D eigenvalue weighted by Crippen LogP contribution is -1.79. The molecule has 1 aromatic rings. The van der Waals surface area contributed by atoms with Gasteiger partial charge in [-0.2, -0.15) is 0 Å². The monoisotopic (exact) mass is 114 g/mol. The van der Waals surface area contributed by atoms with E-state index in [1.807, 2.05) is 0 Å². The third-order valence-corrected chi connectivity index (χ3v) is 0.921. The van der Waals surface area contributed by atoms with E-state index in [4.69, 9.17) is 4.42 Å². The zero-order chi connectivity index (χ0) is 5.82. The zero-order valence-electron chi connectivity index (χ0n) is 4.43. The third kappa shape index (κ3) is 1.09. The van der Waals surface area contributed by atoms with Gasteiger partial charge in [0.1, 0.15) is 5.76 Å². The summed E-state index contributed by atoms with van der Waals surface area (Å²) in [6.45, 7) is -0.340. The molecule has 0 spiro atoms. The van der Waals surface area contributed by atoms with E-state index >= 15 is 0 Å². The number of hydrogen-bond acceptors (Lipinski definition) is 1. The Hall–Kier alpha value is -0.790. The molecule has 0 atom stereocenters. The lowest BCUT2D eigenvalue weighted by molar-refractivity contribution is 0.439. The van der Waals surface area contributed by atoms with Crippen molar-refractivity contribution in [2.45, 2.75) is 6.42 Å². The third-order valence-electron chi connectivity index (χ3n) is 0.921. The van der Waals surface area contributed by atoms with Crippen LogP contribution in [0.4, 0.5) is 4.39 Å². The lowest BCUT2D eigenvalue weighted by atomic mass is 10.4. The highest BCUT2D eigenvalue weighted by atomic mass is 19.1. The first kappa shape index (κ1) is 5.35. The first-order chi connectivity index (χ1) is 3.93. The van der Waals surface area contributed by atoms with Gasteiger partial charge in [-0.05, 0) is 12.1 Å². The van der Waals surface area contributed by atoms with Crippen LogP contribution in [0.25, 0.3) is 0 Å². The van der Waals surface area contributed by atoms with Crippen LogP contribution in [0, 0.1) is 0 Å². The second-order valence-electron chi connectivity index (χ2n) is 1.52. The quantitative estimate of drug-likeness (QED) is 0.571. The van der Waals surface area contributed by atoms with Gasteiger partial charge >= 0.3 is 0 Å². The Bertz CT molecular complexity index is 134. The fourth-order valence-corrected chi connectivity index (χ4v) is 0.548. The van der Waals surface area contributed by atoms with E-state index in [2.05, 4.69) is 0 Å². The van der Waals surface area contributed by atoms with Crippen LogP contribution < -0.4 is 0 Å². The molecule has 0 aromatic carbocycles. The van der Waals surface area contributed by atoms with Gasteiger partial charge < -0.3 is 4.42 Å². The lowest BCUT2D eigenvalue weighted by Gasteiger charge is -1.83. The van der Waals surface area contributed by atoms with Crippen molar-refractivity contribution in [1.82, 2.24) is 0 Å². The maximum absolute atomic E-state index is 11.5. The molecule has 0 aliphatic rings. The van der Waals surface area contributed by atoms with Crippen molar-refractivity contribution in [3.63, 3.8) is 0 Å². The number of hydrogen-bond donors (Lipinski definition) is 0. The number of rotatable bonds is 2. The Morgan fingerprint density at radius 1 is 1.62 bits per heavy atom. The largest absolute Gasteiger partial charge is 0.469 e. The highest BCUT2D eigenvalue weighted by molar-refractivity contribution is 4.97. The van der Waals surface area contributed by atoms with Crippen LogP contribution in [0.1, 0.15) is 5.76 Å². The van der Waals surface area contributed by atoms with Crippen LogP contribution in [0.15, 0.2) is 22.8 Å². The highest BCUT2D eigenvalue weighted by Gasteiger charge is 1.90. The smallest absolute Gasteiger partial charge is 0.106 e. The standard InChI is InChI=1S/C6H7FO/c7-4-3-6-2-1-5-8-6/h1-2,5H,3-4H2. The summed E-state index contributed by atoms with van der Waals surface area (Å²) in [5, 5.41) is 0. The normalized spacial score (nSPS) is 9.62. The highest BCUT2D eigenvalue weighted by Crippen LogP contribution is 1.99. The molecule has 8 heavy (non-hydrogen) atoms. The molecular formula is C6H7FO. The molecule has 0 unspecified atom stereocenters. The predicted molar refractivity (Wildman–Crippen MR) is 28.4 cm³/mol. The van der Waals surface area contributed by atoms with Gasteiger partial charge in [0.15, 0.2) is 0 Å². The maximum atomic E-state index is 11.5. The molecule has 0 amide bonds. The second kappa shape index (κ2) is 2.50. The van der Waals surface area contributed by atoms with E-state index in [1.54, 1.807) is 18.4 Å². The molecule has 1 aromatic heterocycles. The number of halogens is 1. The summed E-state index contributed by atoms with van der Waals surface area (Å²) in [5.41, 5.74) is 0. The summed E-state index contributed by atoms with van der Waals surface area (Å²) in [5.74, 6) is 0.715. The fraction of sp³-hybridized carbons (Fsp3) is 0.333. The summed E-state index contributed by atoms with van der Waals surface area (Å²) in [4.78, 5) is 0. The van der Waals surface area contributed by atoms with Crippen molar-refractivity contribution in [3.8, 4) is 0 Å². The SMILES string of the molecule is FCCc1ccco1. The van der Waals surface area contributed by atoms with Gasteiger partial charge in [0, 0.05) is 6.42 Å². The van der Waals surface area contributed by atoms with E-state index in [9.17, 15) is 4.39 Å². The van der Waals surface area contributed by atoms with E-state index in [1.165, 1.54) is 0 Å². The van der Waals surface area contributed by atoms with Gasteiger partial charge in [-0.25, -0.2) is 0 Å². The van der Waals surface area contributed by atoms with Crippen LogP contribution in [0.3, 0.4) is 0 Å². The number of alkyl halides is 1. The molecule has 1 rings (SSSR count). The first-order valence-electron chi connectivity index (χ1n) is 2.52. The topological polar surface area (TPSA) is 13.1 Å². The van der Waals surface area contributed by atoms with Crippen LogP contribution in [0.2, 0.25) is 0 Å². The molecule has 0 bridgehead atoms. The summed E-state index contributed by atoms with van der Waals surface area (Å²) in [7, 11) is 0. The maximum Gasteiger partial charge on any atom is 0.106 e. The van der Waals surface area contributed by atoms with Crippen molar-refractivity contribution in [2.75, 3.05) is 6.67 Å². The minimum atomic E-state index is -0.340. The molecule has 0 fully saturated rings. The van der Waals surface area contributed by atoms with Crippen molar-refractivity contribution in [2.24, 2.45) is 0 Å². The van der Waals surface area contributed by atoms with Gasteiger partial charge in [-0.15, -0.1) is 0 Å². The molecule has 44 valence electrons. The number of aryl methyl sites for hydroxylation is 1. The molecule has 0 aliphatic carbocycles. The molecule has 0 saturated heterocycles. The van der Waals surface area contributed by atoms with Crippen LogP contribution in [-0.2, 0) is 6.42 Å². The average molecular weight is 114 g/mol. The van der Waals surface area contributed by atoms with E-state index in [-0.39, 0.29) is 6.67 Å². The van der Waals surface area contributed by atoms with Crippen molar-refractivity contribution in [3.05, 3.63) is 24.2 Å². The molecule has 1 nitrogen and oxygen atoms in total. The summed E-state index contributed by atoms with van der Waals surface area (Å²) < 4.78 is 16.3. The Labute approximate surface area is 47.1 Å². The zero-order valence-corrected chi connectivity index (χ0v) is 4.43. The Morgan fingerprint density at radius 3 is 3.00 bits per heavy atom. The van der Waals surface area contributed by atoms with Gasteiger partial charge in [-0.1, -0.05) is 0 Å². The molecule has 0 N–H and O–H groups in total. The Balaban J connectivity index is 2.50. The Kier molecular flexibility index (Phi) is 1.67. The number of furan rings is 1. The van der Waals surface area contributed by atoms with Gasteiger partial charge in [0.25, 0.3) is 0 Å². The minimum absolute atomic E-state index is 0.340. The van der Waals surface area contributed by atoms with Crippen LogP contribution >= 0.6 is 0 Å². The first-order valence-corrected chi connectivity index (χ1v) is 2.52. The summed E-state index contributed by atoms with van der Waals surface area (Å²) in [6, 6.07) is 3.52. The fourth-order valence-electron chi connectivity index (χ4n) is 0.548. The van der Waals surface area contributed by atoms with E-state index < -0.39 is 0 Å². The van der Waals surface area contributed by atoms with Gasteiger partial charge in [-0.3, -0.25) is 4.39 Å². The molecule has 0 aliphatic heterocycles. The minimum Gasteiger partial charge on any atom is -0.469 e. The predicted octanol–water partition coefficient (Wildman–Crippen LogP) is 1.79. The molecule has 1 heterocycles. The summed E-state index contributed by atoms with van der Waals surface area (Å²) in [6.07, 6.45) is 1.94. The second-order valence-corrected chi connectivity index (χ2v) is 1.52. The molecule has 0 saturated carbocycles. The molecule has 2 heteroatoms. The van der Waals surface area contributed by atoms with Gasteiger partial charge in [0.2, 0.25) is 0 Å². The molecular weight excluding hydrogens is 107 g/mol. The van der Waals surface area contributed by atoms with Crippen molar-refractivity contribution in [1.29, 1.82) is 0 Å². The van der Waals surface area contributed by atoms with Gasteiger partial charge in [0.05, 0.1) is 12.9 Å². The van der Waals surface area contributed by atoms with E-state index in [0.717, 1.165) is 0 Å². The van der Waals surface area contributed by atoms with Crippen molar-refractivity contribution < 1.29 is 8.81 Å². The average Bonchev–Trinajstić information content (AvgIpc) is 2.19.